The highest BCUT2D eigenvalue weighted by Gasteiger charge is 2.56. The fourth-order valence-corrected chi connectivity index (χ4v) is 8.79. The van der Waals surface area contributed by atoms with Crippen molar-refractivity contribution < 1.29 is 18.7 Å². The second kappa shape index (κ2) is 13.7. The number of aryl methyl sites for hydroxylation is 1. The molecule has 4 aliphatic rings. The van der Waals surface area contributed by atoms with Gasteiger partial charge in [-0.15, -0.1) is 11.3 Å². The van der Waals surface area contributed by atoms with E-state index in [-0.39, 0.29) is 34.8 Å². The molecule has 1 aliphatic heterocycles. The summed E-state index contributed by atoms with van der Waals surface area (Å²) in [7, 11) is 0. The maximum Gasteiger partial charge on any atom is 0.270 e. The number of halogens is 1. The van der Waals surface area contributed by atoms with Gasteiger partial charge >= 0.3 is 0 Å². The number of nitrogens with zero attached hydrogens (tertiary/aromatic N) is 3. The van der Waals surface area contributed by atoms with Gasteiger partial charge in [-0.2, -0.15) is 0 Å². The number of amides is 2. The zero-order valence-corrected chi connectivity index (χ0v) is 30.0. The lowest BCUT2D eigenvalue weighted by Crippen LogP contribution is -2.57. The Morgan fingerprint density at radius 3 is 2.59 bits per heavy atom. The second-order valence-electron chi connectivity index (χ2n) is 15.2. The van der Waals surface area contributed by atoms with Crippen molar-refractivity contribution >= 4 is 23.2 Å². The van der Waals surface area contributed by atoms with Gasteiger partial charge < -0.3 is 20.7 Å². The van der Waals surface area contributed by atoms with Gasteiger partial charge in [-0.1, -0.05) is 36.4 Å². The van der Waals surface area contributed by atoms with Crippen LogP contribution in [0.4, 0.5) is 4.39 Å². The summed E-state index contributed by atoms with van der Waals surface area (Å²) < 4.78 is 20.6. The summed E-state index contributed by atoms with van der Waals surface area (Å²) >= 11 is 1.47. The molecule has 11 heteroatoms. The van der Waals surface area contributed by atoms with Gasteiger partial charge in [0.05, 0.1) is 11.2 Å². The number of benzene rings is 2. The number of thiazole rings is 1. The van der Waals surface area contributed by atoms with E-state index in [1.165, 1.54) is 35.8 Å². The minimum atomic E-state index is -0.600. The first-order valence-corrected chi connectivity index (χ1v) is 19.1. The first-order chi connectivity index (χ1) is 24.6. The van der Waals surface area contributed by atoms with Crippen LogP contribution in [0, 0.1) is 18.2 Å². The standard InChI is InChI=1S/C40H45FN6O3S/c1-25-22-47(24-40(46-25)15-16-40)17-12-27-6-8-28(9-7-27)29-4-3-5-32(18-29)50-38-33(19-30(41)21-42-38)36(48)45-35-20-39(35)13-10-31(11-14-39)44-37(49)34-23-51-26(2)43-34/h3-9,18-19,21,23,25,31,35,46H,10-17,20,22,24H2,1-2H3,(H,44,49)(H,45,48)/t25-,31?,35?,39?/m0/s1. The zero-order chi connectivity index (χ0) is 35.2. The van der Waals surface area contributed by atoms with Gasteiger partial charge in [-0.05, 0) is 106 Å². The van der Waals surface area contributed by atoms with Gasteiger partial charge in [0.1, 0.15) is 22.8 Å². The molecule has 3 saturated carbocycles. The lowest BCUT2D eigenvalue weighted by atomic mass is 9.82. The molecule has 3 heterocycles. The number of nitrogens with one attached hydrogen (secondary N) is 3. The summed E-state index contributed by atoms with van der Waals surface area (Å²) in [5.41, 5.74) is 4.26. The number of rotatable bonds is 10. The van der Waals surface area contributed by atoms with E-state index in [1.54, 1.807) is 5.38 Å². The van der Waals surface area contributed by atoms with Gasteiger partial charge in [0.2, 0.25) is 5.88 Å². The SMILES string of the molecule is Cc1nc(C(=O)NC2CCC3(CC2)CC3NC(=O)c2cc(F)cnc2Oc2cccc(-c3ccc(CCN4C[C@H](C)NC5(CC5)C4)cc3)c2)cs1. The molecule has 2 atom stereocenters. The number of aromatic nitrogens is 2. The van der Waals surface area contributed by atoms with Crippen LogP contribution in [0.3, 0.4) is 0 Å². The summed E-state index contributed by atoms with van der Waals surface area (Å²) in [6, 6.07) is 18.1. The largest absolute Gasteiger partial charge is 0.438 e. The zero-order valence-electron chi connectivity index (χ0n) is 29.2. The summed E-state index contributed by atoms with van der Waals surface area (Å²) in [5, 5.41) is 12.7. The summed E-state index contributed by atoms with van der Waals surface area (Å²) in [5.74, 6) is -0.551. The first-order valence-electron chi connectivity index (χ1n) is 18.2. The van der Waals surface area contributed by atoms with Crippen LogP contribution in [-0.4, -0.2) is 70.0 Å². The Morgan fingerprint density at radius 1 is 1.04 bits per heavy atom. The molecule has 4 aromatic rings. The molecule has 2 aromatic carbocycles. The van der Waals surface area contributed by atoms with Crippen molar-refractivity contribution in [3.05, 3.63) is 93.8 Å². The lowest BCUT2D eigenvalue weighted by Gasteiger charge is -2.38. The van der Waals surface area contributed by atoms with Gasteiger partial charge in [0.15, 0.2) is 0 Å². The molecule has 2 aromatic heterocycles. The molecule has 1 unspecified atom stereocenters. The summed E-state index contributed by atoms with van der Waals surface area (Å²) in [6.45, 7) is 7.48. The van der Waals surface area contributed by atoms with Crippen molar-refractivity contribution in [2.45, 2.75) is 88.9 Å². The molecule has 1 saturated heterocycles. The number of carbonyl (C=O) groups is 2. The predicted octanol–water partition coefficient (Wildman–Crippen LogP) is 6.67. The number of hydrogen-bond donors (Lipinski definition) is 3. The highest BCUT2D eigenvalue weighted by molar-refractivity contribution is 7.09. The van der Waals surface area contributed by atoms with Crippen molar-refractivity contribution in [1.29, 1.82) is 0 Å². The maximum absolute atomic E-state index is 14.4. The van der Waals surface area contributed by atoms with E-state index in [1.807, 2.05) is 31.2 Å². The van der Waals surface area contributed by atoms with Crippen molar-refractivity contribution in [2.24, 2.45) is 5.41 Å². The van der Waals surface area contributed by atoms with Crippen LogP contribution in [0.2, 0.25) is 0 Å². The average Bonchev–Trinajstić information content (AvgIpc) is 3.97. The molecule has 0 bridgehead atoms. The predicted molar refractivity (Wildman–Crippen MR) is 196 cm³/mol. The van der Waals surface area contributed by atoms with E-state index in [2.05, 4.69) is 62.0 Å². The molecular weight excluding hydrogens is 664 g/mol. The molecular formula is C40H45FN6O3S. The quantitative estimate of drug-likeness (QED) is 0.169. The van der Waals surface area contributed by atoms with Gasteiger partial charge in [0.25, 0.3) is 11.8 Å². The van der Waals surface area contributed by atoms with Crippen LogP contribution in [-0.2, 0) is 6.42 Å². The van der Waals surface area contributed by atoms with Crippen LogP contribution in [0.25, 0.3) is 11.1 Å². The third-order valence-corrected chi connectivity index (χ3v) is 12.0. The number of piperazine rings is 1. The van der Waals surface area contributed by atoms with E-state index >= 15 is 0 Å². The third kappa shape index (κ3) is 7.71. The van der Waals surface area contributed by atoms with Crippen LogP contribution in [0.1, 0.15) is 83.3 Å². The molecule has 8 rings (SSSR count). The van der Waals surface area contributed by atoms with E-state index in [9.17, 15) is 14.0 Å². The van der Waals surface area contributed by atoms with Crippen LogP contribution >= 0.6 is 11.3 Å². The van der Waals surface area contributed by atoms with Crippen molar-refractivity contribution in [2.75, 3.05) is 19.6 Å². The monoisotopic (exact) mass is 708 g/mol. The lowest BCUT2D eigenvalue weighted by molar-refractivity contribution is 0.0912. The van der Waals surface area contributed by atoms with Crippen molar-refractivity contribution in [1.82, 2.24) is 30.8 Å². The number of pyridine rings is 1. The normalized spacial score (nSPS) is 25.0. The van der Waals surface area contributed by atoms with Crippen LogP contribution in [0.5, 0.6) is 11.6 Å². The fourth-order valence-electron chi connectivity index (χ4n) is 8.19. The summed E-state index contributed by atoms with van der Waals surface area (Å²) in [6.07, 6.45) is 9.00. The third-order valence-electron chi connectivity index (χ3n) is 11.2. The molecule has 51 heavy (non-hydrogen) atoms. The Balaban J connectivity index is 0.863. The first kappa shape index (κ1) is 33.9. The summed E-state index contributed by atoms with van der Waals surface area (Å²) in [4.78, 5) is 37.2. The molecule has 266 valence electrons. The molecule has 4 fully saturated rings. The van der Waals surface area contributed by atoms with Gasteiger partial charge in [-0.25, -0.2) is 14.4 Å². The van der Waals surface area contributed by atoms with E-state index in [0.717, 1.165) is 80.5 Å². The van der Waals surface area contributed by atoms with E-state index < -0.39 is 11.7 Å². The van der Waals surface area contributed by atoms with Crippen molar-refractivity contribution in [3.8, 4) is 22.8 Å². The van der Waals surface area contributed by atoms with Gasteiger partial charge in [0, 0.05) is 48.7 Å². The maximum atomic E-state index is 14.4. The topological polar surface area (TPSA) is 108 Å². The molecule has 3 N–H and O–H groups in total. The van der Waals surface area contributed by atoms with Crippen LogP contribution < -0.4 is 20.7 Å². The van der Waals surface area contributed by atoms with Gasteiger partial charge in [-0.3, -0.25) is 14.5 Å². The van der Waals surface area contributed by atoms with Crippen LogP contribution in [0.15, 0.2) is 66.2 Å². The minimum absolute atomic E-state index is 0.00278. The molecule has 9 nitrogen and oxygen atoms in total. The Hall–Kier alpha value is -4.19. The Labute approximate surface area is 302 Å². The van der Waals surface area contributed by atoms with E-state index in [4.69, 9.17) is 4.74 Å². The Kier molecular flexibility index (Phi) is 9.14. The minimum Gasteiger partial charge on any atom is -0.438 e. The number of carbonyl (C=O) groups excluding carboxylic acids is 2. The molecule has 2 spiro atoms. The Morgan fingerprint density at radius 2 is 1.84 bits per heavy atom. The Bertz CT molecular complexity index is 1920. The molecule has 0 radical (unpaired) electrons. The molecule has 3 aliphatic carbocycles. The highest BCUT2D eigenvalue weighted by Crippen LogP contribution is 2.56. The number of ether oxygens (including phenoxy) is 1. The fraction of sp³-hybridized carbons (Fsp3) is 0.450. The second-order valence-corrected chi connectivity index (χ2v) is 16.3. The number of hydrogen-bond acceptors (Lipinski definition) is 8. The van der Waals surface area contributed by atoms with Crippen molar-refractivity contribution in [3.63, 3.8) is 0 Å². The molecule has 2 amide bonds. The smallest absolute Gasteiger partial charge is 0.270 e. The average molecular weight is 709 g/mol. The van der Waals surface area contributed by atoms with E-state index in [0.29, 0.717) is 23.0 Å². The highest BCUT2D eigenvalue weighted by atomic mass is 32.1.